The normalized spacial score (nSPS) is 25.8. The van der Waals surface area contributed by atoms with E-state index in [1.807, 2.05) is 0 Å². The lowest BCUT2D eigenvalue weighted by atomic mass is 9.88. The van der Waals surface area contributed by atoms with Crippen LogP contribution < -0.4 is 5.32 Å². The van der Waals surface area contributed by atoms with Gasteiger partial charge in [0.2, 0.25) is 0 Å². The van der Waals surface area contributed by atoms with Crippen LogP contribution in [0.4, 0.5) is 0 Å². The summed E-state index contributed by atoms with van der Waals surface area (Å²) in [4.78, 5) is 2.73. The van der Waals surface area contributed by atoms with E-state index in [4.69, 9.17) is 0 Å². The van der Waals surface area contributed by atoms with E-state index in [1.165, 1.54) is 51.6 Å². The van der Waals surface area contributed by atoms with Crippen molar-refractivity contribution in [1.29, 1.82) is 0 Å². The number of hydrogen-bond donors (Lipinski definition) is 1. The van der Waals surface area contributed by atoms with Gasteiger partial charge in [0, 0.05) is 18.1 Å². The molecule has 1 N–H and O–H groups in total. The second-order valence-electron chi connectivity index (χ2n) is 5.74. The van der Waals surface area contributed by atoms with Crippen LogP contribution in [0.5, 0.6) is 0 Å². The van der Waals surface area contributed by atoms with Crippen molar-refractivity contribution in [3.8, 4) is 0 Å². The predicted octanol–water partition coefficient (Wildman–Crippen LogP) is 3.42. The first kappa shape index (κ1) is 15.0. The highest BCUT2D eigenvalue weighted by atomic mass is 15.2. The second kappa shape index (κ2) is 8.10. The van der Waals surface area contributed by atoms with Crippen molar-refractivity contribution in [2.75, 3.05) is 13.1 Å². The number of hydrogen-bond acceptors (Lipinski definition) is 2. The van der Waals surface area contributed by atoms with Crippen LogP contribution in [0.2, 0.25) is 0 Å². The van der Waals surface area contributed by atoms with E-state index < -0.39 is 0 Å². The molecule has 2 heteroatoms. The van der Waals surface area contributed by atoms with Gasteiger partial charge in [-0.25, -0.2) is 0 Å². The molecule has 0 aromatic carbocycles. The van der Waals surface area contributed by atoms with Crippen molar-refractivity contribution >= 4 is 0 Å². The molecule has 0 aromatic heterocycles. The van der Waals surface area contributed by atoms with Crippen molar-refractivity contribution in [3.05, 3.63) is 0 Å². The molecule has 102 valence electrons. The minimum absolute atomic E-state index is 0.684. The summed E-state index contributed by atoms with van der Waals surface area (Å²) in [6.45, 7) is 11.7. The maximum Gasteiger partial charge on any atom is 0.0252 e. The van der Waals surface area contributed by atoms with E-state index >= 15 is 0 Å². The second-order valence-corrected chi connectivity index (χ2v) is 5.74. The molecule has 2 unspecified atom stereocenters. The predicted molar refractivity (Wildman–Crippen MR) is 76.5 cm³/mol. The lowest BCUT2D eigenvalue weighted by Crippen LogP contribution is -2.54. The van der Waals surface area contributed by atoms with Gasteiger partial charge in [-0.2, -0.15) is 0 Å². The molecular formula is C15H32N2. The molecule has 0 amide bonds. The molecule has 1 fully saturated rings. The molecule has 1 saturated carbocycles. The third-order valence-electron chi connectivity index (χ3n) is 3.96. The van der Waals surface area contributed by atoms with Crippen LogP contribution in [0.1, 0.15) is 66.2 Å². The number of nitrogens with zero attached hydrogens (tertiary/aromatic N) is 1. The van der Waals surface area contributed by atoms with Gasteiger partial charge in [0.15, 0.2) is 0 Å². The van der Waals surface area contributed by atoms with Gasteiger partial charge in [0.25, 0.3) is 0 Å². The van der Waals surface area contributed by atoms with E-state index in [0.29, 0.717) is 6.04 Å². The van der Waals surface area contributed by atoms with Crippen molar-refractivity contribution in [3.63, 3.8) is 0 Å². The topological polar surface area (TPSA) is 15.3 Å². The lowest BCUT2D eigenvalue weighted by Gasteiger charge is -2.42. The maximum atomic E-state index is 3.77. The molecule has 0 aromatic rings. The van der Waals surface area contributed by atoms with Crippen LogP contribution in [0.3, 0.4) is 0 Å². The molecule has 2 atom stereocenters. The Morgan fingerprint density at radius 1 is 1.12 bits per heavy atom. The van der Waals surface area contributed by atoms with Crippen LogP contribution in [0.25, 0.3) is 0 Å². The van der Waals surface area contributed by atoms with Gasteiger partial charge in [-0.3, -0.25) is 4.90 Å². The Bertz CT molecular complexity index is 191. The first-order valence-electron chi connectivity index (χ1n) is 7.69. The molecular weight excluding hydrogens is 208 g/mol. The monoisotopic (exact) mass is 240 g/mol. The summed E-state index contributed by atoms with van der Waals surface area (Å²) in [5, 5.41) is 3.77. The molecule has 17 heavy (non-hydrogen) atoms. The van der Waals surface area contributed by atoms with E-state index in [-0.39, 0.29) is 0 Å². The fraction of sp³-hybridized carbons (Fsp3) is 1.00. The highest BCUT2D eigenvalue weighted by Gasteiger charge is 2.30. The van der Waals surface area contributed by atoms with E-state index in [2.05, 4.69) is 37.9 Å². The maximum absolute atomic E-state index is 3.77. The molecule has 0 spiro atoms. The van der Waals surface area contributed by atoms with Crippen LogP contribution in [-0.2, 0) is 0 Å². The van der Waals surface area contributed by atoms with Gasteiger partial charge in [-0.1, -0.05) is 26.7 Å². The smallest absolute Gasteiger partial charge is 0.0252 e. The Hall–Kier alpha value is -0.0800. The summed E-state index contributed by atoms with van der Waals surface area (Å²) >= 11 is 0. The van der Waals surface area contributed by atoms with Crippen LogP contribution in [0.15, 0.2) is 0 Å². The molecule has 0 radical (unpaired) electrons. The molecule has 0 heterocycles. The molecule has 1 aliphatic carbocycles. The molecule has 0 aliphatic heterocycles. The lowest BCUT2D eigenvalue weighted by molar-refractivity contribution is 0.0919. The number of nitrogens with one attached hydrogen (secondary N) is 1. The average molecular weight is 240 g/mol. The summed E-state index contributed by atoms with van der Waals surface area (Å²) in [5.74, 6) is 0. The minimum atomic E-state index is 0.684. The third kappa shape index (κ3) is 4.59. The van der Waals surface area contributed by atoms with E-state index in [9.17, 15) is 0 Å². The van der Waals surface area contributed by atoms with Gasteiger partial charge >= 0.3 is 0 Å². The van der Waals surface area contributed by atoms with Gasteiger partial charge in [-0.05, 0) is 52.6 Å². The zero-order valence-electron chi connectivity index (χ0n) is 12.3. The largest absolute Gasteiger partial charge is 0.312 e. The van der Waals surface area contributed by atoms with Crippen LogP contribution in [-0.4, -0.2) is 36.1 Å². The summed E-state index contributed by atoms with van der Waals surface area (Å²) in [7, 11) is 0. The fourth-order valence-electron chi connectivity index (χ4n) is 3.14. The standard InChI is InChI=1S/C15H32N2/c1-5-11-16-14-9-7-8-10-15(14)17(12-6-2)13(3)4/h13-16H,5-12H2,1-4H3. The first-order chi connectivity index (χ1) is 8.20. The van der Waals surface area contributed by atoms with Crippen molar-refractivity contribution in [2.45, 2.75) is 84.3 Å². The summed E-state index contributed by atoms with van der Waals surface area (Å²) in [5.41, 5.74) is 0. The highest BCUT2D eigenvalue weighted by molar-refractivity contribution is 4.89. The average Bonchev–Trinajstić information content (AvgIpc) is 2.33. The molecule has 2 nitrogen and oxygen atoms in total. The van der Waals surface area contributed by atoms with Gasteiger partial charge in [-0.15, -0.1) is 0 Å². The molecule has 0 saturated heterocycles. The Morgan fingerprint density at radius 2 is 1.82 bits per heavy atom. The molecule has 0 bridgehead atoms. The van der Waals surface area contributed by atoms with E-state index in [0.717, 1.165) is 12.1 Å². The van der Waals surface area contributed by atoms with Crippen molar-refractivity contribution < 1.29 is 0 Å². The Labute approximate surface area is 108 Å². The minimum Gasteiger partial charge on any atom is -0.312 e. The highest BCUT2D eigenvalue weighted by Crippen LogP contribution is 2.25. The van der Waals surface area contributed by atoms with Crippen LogP contribution >= 0.6 is 0 Å². The third-order valence-corrected chi connectivity index (χ3v) is 3.96. The van der Waals surface area contributed by atoms with Crippen LogP contribution in [0, 0.1) is 0 Å². The SMILES string of the molecule is CCCNC1CCCCC1N(CCC)C(C)C. The Balaban J connectivity index is 2.59. The molecule has 1 aliphatic rings. The van der Waals surface area contributed by atoms with Gasteiger partial charge < -0.3 is 5.32 Å². The zero-order valence-corrected chi connectivity index (χ0v) is 12.3. The van der Waals surface area contributed by atoms with Gasteiger partial charge in [0.1, 0.15) is 0 Å². The van der Waals surface area contributed by atoms with Crippen molar-refractivity contribution in [1.82, 2.24) is 10.2 Å². The summed E-state index contributed by atoms with van der Waals surface area (Å²) in [6, 6.07) is 2.19. The van der Waals surface area contributed by atoms with Crippen molar-refractivity contribution in [2.24, 2.45) is 0 Å². The summed E-state index contributed by atoms with van der Waals surface area (Å²) in [6.07, 6.45) is 8.11. The van der Waals surface area contributed by atoms with Gasteiger partial charge in [0.05, 0.1) is 0 Å². The zero-order chi connectivity index (χ0) is 12.7. The Kier molecular flexibility index (Phi) is 7.14. The Morgan fingerprint density at radius 3 is 2.41 bits per heavy atom. The van der Waals surface area contributed by atoms with E-state index in [1.54, 1.807) is 0 Å². The quantitative estimate of drug-likeness (QED) is 0.733. The molecule has 1 rings (SSSR count). The fourth-order valence-corrected chi connectivity index (χ4v) is 3.14. The summed E-state index contributed by atoms with van der Waals surface area (Å²) < 4.78 is 0. The number of rotatable bonds is 7. The first-order valence-corrected chi connectivity index (χ1v) is 7.69.